The molecule has 0 atom stereocenters. The van der Waals surface area contributed by atoms with Crippen molar-refractivity contribution in [2.75, 3.05) is 7.11 Å². The van der Waals surface area contributed by atoms with E-state index in [0.717, 1.165) is 12.1 Å². The molecule has 0 aliphatic carbocycles. The number of methoxy groups -OCH3 is 1. The summed E-state index contributed by atoms with van der Waals surface area (Å²) in [6.45, 7) is 0. The maximum atomic E-state index is 12.1. The summed E-state index contributed by atoms with van der Waals surface area (Å²) in [5.41, 5.74) is 1.20. The molecular formula is C12H11N3O7S. The first-order chi connectivity index (χ1) is 10.8. The fourth-order valence-electron chi connectivity index (χ4n) is 1.63. The molecule has 2 rings (SSSR count). The average molecular weight is 341 g/mol. The van der Waals surface area contributed by atoms with Crippen LogP contribution in [0.5, 0.6) is 5.75 Å². The molecule has 11 heteroatoms. The summed E-state index contributed by atoms with van der Waals surface area (Å²) in [5, 5.41) is 11.0. The number of hydrogen-bond acceptors (Lipinski definition) is 7. The van der Waals surface area contributed by atoms with Gasteiger partial charge in [0, 0.05) is 0 Å². The predicted molar refractivity (Wildman–Crippen MR) is 76.1 cm³/mol. The minimum atomic E-state index is -4.37. The van der Waals surface area contributed by atoms with Crippen LogP contribution in [-0.2, 0) is 10.0 Å². The largest absolute Gasteiger partial charge is 0.497 e. The molecule has 0 bridgehead atoms. The quantitative estimate of drug-likeness (QED) is 0.585. The second kappa shape index (κ2) is 6.46. The Kier molecular flexibility index (Phi) is 4.62. The Morgan fingerprint density at radius 2 is 2.09 bits per heavy atom. The first kappa shape index (κ1) is 16.5. The van der Waals surface area contributed by atoms with E-state index in [1.165, 1.54) is 31.6 Å². The van der Waals surface area contributed by atoms with E-state index in [-0.39, 0.29) is 11.5 Å². The number of ether oxygens (including phenoxy) is 1. The summed E-state index contributed by atoms with van der Waals surface area (Å²) in [4.78, 5) is 22.9. The summed E-state index contributed by atoms with van der Waals surface area (Å²) in [5.74, 6) is -0.859. The van der Waals surface area contributed by atoms with Gasteiger partial charge in [0.25, 0.3) is 15.7 Å². The van der Waals surface area contributed by atoms with Gasteiger partial charge in [-0.3, -0.25) is 20.3 Å². The SMILES string of the molecule is COc1ccc(S(=O)(=O)NNC(=O)c2ccco2)c([N+](=O)[O-])c1. The number of carbonyl (C=O) groups excluding carboxylic acids is 1. The van der Waals surface area contributed by atoms with Gasteiger partial charge in [0.2, 0.25) is 0 Å². The van der Waals surface area contributed by atoms with Crippen LogP contribution in [-0.4, -0.2) is 26.4 Å². The normalized spacial score (nSPS) is 11.0. The van der Waals surface area contributed by atoms with Crippen molar-refractivity contribution in [3.8, 4) is 5.75 Å². The number of sulfonamides is 1. The van der Waals surface area contributed by atoms with E-state index in [9.17, 15) is 23.3 Å². The number of nitrogens with one attached hydrogen (secondary N) is 2. The molecule has 0 saturated carbocycles. The number of amides is 1. The van der Waals surface area contributed by atoms with Crippen LogP contribution in [0.2, 0.25) is 0 Å². The number of benzene rings is 1. The average Bonchev–Trinajstić information content (AvgIpc) is 3.06. The lowest BCUT2D eigenvalue weighted by atomic mass is 10.3. The van der Waals surface area contributed by atoms with E-state index in [0.29, 0.717) is 0 Å². The van der Waals surface area contributed by atoms with Crippen LogP contribution >= 0.6 is 0 Å². The standard InChI is InChI=1S/C12H11N3O7S/c1-21-8-4-5-11(9(7-8)15(17)18)23(19,20)14-13-12(16)10-3-2-6-22-10/h2-7,14H,1H3,(H,13,16). The van der Waals surface area contributed by atoms with Crippen LogP contribution in [0.15, 0.2) is 45.9 Å². The van der Waals surface area contributed by atoms with E-state index in [1.54, 1.807) is 4.83 Å². The lowest BCUT2D eigenvalue weighted by molar-refractivity contribution is -0.387. The van der Waals surface area contributed by atoms with Gasteiger partial charge in [-0.05, 0) is 24.3 Å². The number of carbonyl (C=O) groups is 1. The maximum Gasteiger partial charge on any atom is 0.301 e. The third-order valence-electron chi connectivity index (χ3n) is 2.70. The molecule has 0 spiro atoms. The van der Waals surface area contributed by atoms with Gasteiger partial charge in [-0.25, -0.2) is 8.42 Å². The Labute approximate surface area is 130 Å². The number of hydrazine groups is 1. The van der Waals surface area contributed by atoms with Crippen LogP contribution in [0.1, 0.15) is 10.6 Å². The molecule has 1 heterocycles. The molecule has 1 aromatic heterocycles. The molecule has 0 aliphatic heterocycles. The first-order valence-electron chi connectivity index (χ1n) is 6.03. The van der Waals surface area contributed by atoms with Gasteiger partial charge in [-0.15, -0.1) is 4.83 Å². The summed E-state index contributed by atoms with van der Waals surface area (Å²) in [6, 6.07) is 5.97. The lowest BCUT2D eigenvalue weighted by Gasteiger charge is -2.08. The Balaban J connectivity index is 2.25. The third-order valence-corrected chi connectivity index (χ3v) is 3.99. The Morgan fingerprint density at radius 3 is 2.65 bits per heavy atom. The van der Waals surface area contributed by atoms with Gasteiger partial charge in [-0.2, -0.15) is 0 Å². The van der Waals surface area contributed by atoms with E-state index >= 15 is 0 Å². The van der Waals surface area contributed by atoms with Gasteiger partial charge in [0.05, 0.1) is 24.4 Å². The predicted octanol–water partition coefficient (Wildman–Crippen LogP) is 0.820. The second-order valence-corrected chi connectivity index (χ2v) is 5.78. The van der Waals surface area contributed by atoms with Gasteiger partial charge in [-0.1, -0.05) is 0 Å². The molecule has 0 unspecified atom stereocenters. The number of furan rings is 1. The van der Waals surface area contributed by atoms with Crippen molar-refractivity contribution in [1.29, 1.82) is 0 Å². The zero-order chi connectivity index (χ0) is 17.0. The molecule has 2 aromatic rings. The molecule has 2 N–H and O–H groups in total. The Bertz CT molecular complexity index is 830. The number of nitro groups is 1. The molecule has 23 heavy (non-hydrogen) atoms. The number of rotatable bonds is 6. The molecular weight excluding hydrogens is 330 g/mol. The van der Waals surface area contributed by atoms with E-state index in [2.05, 4.69) is 0 Å². The van der Waals surface area contributed by atoms with Gasteiger partial charge in [0.1, 0.15) is 5.75 Å². The van der Waals surface area contributed by atoms with Crippen molar-refractivity contribution in [3.63, 3.8) is 0 Å². The molecule has 0 aliphatic rings. The van der Waals surface area contributed by atoms with Gasteiger partial charge in [0.15, 0.2) is 10.7 Å². The maximum absolute atomic E-state index is 12.1. The second-order valence-electron chi connectivity index (χ2n) is 4.13. The van der Waals surface area contributed by atoms with Crippen LogP contribution in [0.25, 0.3) is 0 Å². The first-order valence-corrected chi connectivity index (χ1v) is 7.51. The van der Waals surface area contributed by atoms with Crippen molar-refractivity contribution in [2.45, 2.75) is 4.90 Å². The number of nitro benzene ring substituents is 1. The van der Waals surface area contributed by atoms with Crippen LogP contribution in [0, 0.1) is 10.1 Å². The summed E-state index contributed by atoms with van der Waals surface area (Å²) in [6.07, 6.45) is 1.23. The van der Waals surface area contributed by atoms with Crippen molar-refractivity contribution < 1.29 is 27.3 Å². The zero-order valence-corrected chi connectivity index (χ0v) is 12.5. The third kappa shape index (κ3) is 3.64. The summed E-state index contributed by atoms with van der Waals surface area (Å²) < 4.78 is 33.9. The molecule has 10 nitrogen and oxygen atoms in total. The van der Waals surface area contributed by atoms with Crippen molar-refractivity contribution in [2.24, 2.45) is 0 Å². The Morgan fingerprint density at radius 1 is 1.35 bits per heavy atom. The molecule has 0 fully saturated rings. The minimum absolute atomic E-state index is 0.121. The minimum Gasteiger partial charge on any atom is -0.497 e. The van der Waals surface area contributed by atoms with Crippen molar-refractivity contribution >= 4 is 21.6 Å². The van der Waals surface area contributed by atoms with E-state index in [4.69, 9.17) is 9.15 Å². The fraction of sp³-hybridized carbons (Fsp3) is 0.0833. The van der Waals surface area contributed by atoms with Crippen LogP contribution in [0.4, 0.5) is 5.69 Å². The smallest absolute Gasteiger partial charge is 0.301 e. The lowest BCUT2D eigenvalue weighted by Crippen LogP contribution is -2.41. The highest BCUT2D eigenvalue weighted by molar-refractivity contribution is 7.89. The number of hydrogen-bond donors (Lipinski definition) is 2. The monoisotopic (exact) mass is 341 g/mol. The van der Waals surface area contributed by atoms with Crippen molar-refractivity contribution in [1.82, 2.24) is 10.3 Å². The fourth-order valence-corrected chi connectivity index (χ4v) is 2.62. The van der Waals surface area contributed by atoms with Crippen LogP contribution < -0.4 is 15.0 Å². The van der Waals surface area contributed by atoms with Crippen molar-refractivity contribution in [3.05, 3.63) is 52.5 Å². The van der Waals surface area contributed by atoms with E-state index < -0.39 is 31.4 Å². The highest BCUT2D eigenvalue weighted by Gasteiger charge is 2.27. The van der Waals surface area contributed by atoms with Gasteiger partial charge < -0.3 is 9.15 Å². The highest BCUT2D eigenvalue weighted by atomic mass is 32.2. The molecule has 1 amide bonds. The molecule has 1 aromatic carbocycles. The molecule has 0 saturated heterocycles. The number of nitrogens with zero attached hydrogens (tertiary/aromatic N) is 1. The summed E-state index contributed by atoms with van der Waals surface area (Å²) >= 11 is 0. The topological polar surface area (TPSA) is 141 Å². The van der Waals surface area contributed by atoms with E-state index in [1.807, 2.05) is 5.43 Å². The van der Waals surface area contributed by atoms with Gasteiger partial charge >= 0.3 is 5.91 Å². The molecule has 122 valence electrons. The highest BCUT2D eigenvalue weighted by Crippen LogP contribution is 2.27. The zero-order valence-electron chi connectivity index (χ0n) is 11.7. The summed E-state index contributed by atoms with van der Waals surface area (Å²) in [7, 11) is -3.08. The molecule has 0 radical (unpaired) electrons. The Hall–Kier alpha value is -2.92. The van der Waals surface area contributed by atoms with Crippen LogP contribution in [0.3, 0.4) is 0 Å².